The van der Waals surface area contributed by atoms with Crippen molar-refractivity contribution in [1.29, 1.82) is 0 Å². The molecule has 102 valence electrons. The third-order valence-corrected chi connectivity index (χ3v) is 3.68. The molecule has 20 heavy (non-hydrogen) atoms. The summed E-state index contributed by atoms with van der Waals surface area (Å²) in [5, 5.41) is 19.2. The lowest BCUT2D eigenvalue weighted by atomic mass is 9.77. The Morgan fingerprint density at radius 2 is 1.60 bits per heavy atom. The van der Waals surface area contributed by atoms with E-state index in [1.54, 1.807) is 18.2 Å². The normalized spacial score (nSPS) is 11.1. The molecular weight excluding hydrogens is 248 g/mol. The number of benzene rings is 2. The molecule has 0 atom stereocenters. The van der Waals surface area contributed by atoms with Crippen LogP contribution in [0.2, 0.25) is 0 Å². The summed E-state index contributed by atoms with van der Waals surface area (Å²) in [4.78, 5) is 0. The van der Waals surface area contributed by atoms with Gasteiger partial charge in [0.1, 0.15) is 11.5 Å². The van der Waals surface area contributed by atoms with Gasteiger partial charge in [-0.2, -0.15) is 0 Å². The van der Waals surface area contributed by atoms with E-state index in [4.69, 9.17) is 6.42 Å². The van der Waals surface area contributed by atoms with Crippen LogP contribution in [0.25, 0.3) is 0 Å². The van der Waals surface area contributed by atoms with E-state index in [0.717, 1.165) is 16.7 Å². The molecule has 0 aliphatic carbocycles. The zero-order chi connectivity index (χ0) is 14.8. The lowest BCUT2D eigenvalue weighted by Gasteiger charge is -2.27. The number of aromatic hydroxyl groups is 2. The summed E-state index contributed by atoms with van der Waals surface area (Å²) >= 11 is 0. The summed E-state index contributed by atoms with van der Waals surface area (Å²) in [6.07, 6.45) is 5.74. The Bertz CT molecular complexity index is 646. The molecule has 2 heteroatoms. The Labute approximate surface area is 119 Å². The van der Waals surface area contributed by atoms with Crippen molar-refractivity contribution >= 4 is 0 Å². The minimum absolute atomic E-state index is 0.230. The maximum absolute atomic E-state index is 9.81. The van der Waals surface area contributed by atoms with Gasteiger partial charge in [-0.3, -0.25) is 0 Å². The number of hydrogen-bond acceptors (Lipinski definition) is 2. The summed E-state index contributed by atoms with van der Waals surface area (Å²) in [5.41, 5.74) is 2.70. The second kappa shape index (κ2) is 5.30. The average Bonchev–Trinajstić information content (AvgIpc) is 2.42. The van der Waals surface area contributed by atoms with Crippen LogP contribution in [0.5, 0.6) is 11.5 Å². The number of hydrogen-bond donors (Lipinski definition) is 2. The summed E-state index contributed by atoms with van der Waals surface area (Å²) in [6, 6.07) is 12.7. The Balaban J connectivity index is 2.46. The number of rotatable bonds is 3. The minimum Gasteiger partial charge on any atom is -0.508 e. The molecule has 0 amide bonds. The predicted molar refractivity (Wildman–Crippen MR) is 80.9 cm³/mol. The van der Waals surface area contributed by atoms with Crippen molar-refractivity contribution in [2.24, 2.45) is 0 Å². The quantitative estimate of drug-likeness (QED) is 0.833. The van der Waals surface area contributed by atoms with E-state index in [9.17, 15) is 10.2 Å². The van der Waals surface area contributed by atoms with Crippen LogP contribution in [0.1, 0.15) is 30.5 Å². The molecular formula is C18H18O2. The van der Waals surface area contributed by atoms with Gasteiger partial charge in [0.2, 0.25) is 0 Å². The van der Waals surface area contributed by atoms with Crippen molar-refractivity contribution in [3.63, 3.8) is 0 Å². The smallest absolute Gasteiger partial charge is 0.119 e. The molecule has 2 nitrogen and oxygen atoms in total. The first-order valence-electron chi connectivity index (χ1n) is 6.50. The van der Waals surface area contributed by atoms with Crippen LogP contribution < -0.4 is 0 Å². The van der Waals surface area contributed by atoms with Crippen LogP contribution in [0.3, 0.4) is 0 Å². The fourth-order valence-electron chi connectivity index (χ4n) is 2.27. The first-order chi connectivity index (χ1) is 9.45. The van der Waals surface area contributed by atoms with E-state index >= 15 is 0 Å². The molecule has 2 rings (SSSR count). The van der Waals surface area contributed by atoms with Gasteiger partial charge in [-0.15, -0.1) is 12.3 Å². The van der Waals surface area contributed by atoms with Gasteiger partial charge in [-0.25, -0.2) is 0 Å². The highest BCUT2D eigenvalue weighted by Gasteiger charge is 2.23. The fourth-order valence-corrected chi connectivity index (χ4v) is 2.27. The first-order valence-corrected chi connectivity index (χ1v) is 6.50. The highest BCUT2D eigenvalue weighted by molar-refractivity contribution is 5.45. The predicted octanol–water partition coefficient (Wildman–Crippen LogP) is 3.60. The van der Waals surface area contributed by atoms with Crippen molar-refractivity contribution < 1.29 is 10.2 Å². The van der Waals surface area contributed by atoms with Gasteiger partial charge < -0.3 is 10.2 Å². The zero-order valence-electron chi connectivity index (χ0n) is 11.7. The summed E-state index contributed by atoms with van der Waals surface area (Å²) in [7, 11) is 0. The van der Waals surface area contributed by atoms with Crippen molar-refractivity contribution in [3.05, 3.63) is 59.2 Å². The molecule has 0 heterocycles. The molecule has 0 radical (unpaired) electrons. The number of terminal acetylenes is 1. The largest absolute Gasteiger partial charge is 0.508 e. The van der Waals surface area contributed by atoms with Crippen LogP contribution in [0.4, 0.5) is 0 Å². The standard InChI is InChI=1S/C18H18O2/c1-4-5-13-12-15(8-11-17(13)20)18(2,3)14-6-9-16(19)10-7-14/h1,6-12,19-20H,5H2,2-3H3. The number of phenolic OH excluding ortho intramolecular Hbond substituents is 2. The summed E-state index contributed by atoms with van der Waals surface area (Å²) in [6.45, 7) is 4.21. The second-order valence-corrected chi connectivity index (χ2v) is 5.40. The van der Waals surface area contributed by atoms with E-state index in [1.165, 1.54) is 0 Å². The third-order valence-electron chi connectivity index (χ3n) is 3.68. The van der Waals surface area contributed by atoms with Gasteiger partial charge >= 0.3 is 0 Å². The fraction of sp³-hybridized carbons (Fsp3) is 0.222. The molecule has 0 saturated carbocycles. The average molecular weight is 266 g/mol. The Kier molecular flexibility index (Phi) is 3.72. The Morgan fingerprint density at radius 1 is 1.00 bits per heavy atom. The molecule has 0 spiro atoms. The summed E-state index contributed by atoms with van der Waals surface area (Å²) in [5.74, 6) is 3.04. The van der Waals surface area contributed by atoms with Crippen LogP contribution in [-0.4, -0.2) is 10.2 Å². The minimum atomic E-state index is -0.231. The van der Waals surface area contributed by atoms with Crippen molar-refractivity contribution in [2.45, 2.75) is 25.7 Å². The second-order valence-electron chi connectivity index (χ2n) is 5.40. The van der Waals surface area contributed by atoms with E-state index in [2.05, 4.69) is 19.8 Å². The van der Waals surface area contributed by atoms with Gasteiger partial charge in [0.25, 0.3) is 0 Å². The lowest BCUT2D eigenvalue weighted by Crippen LogP contribution is -2.19. The van der Waals surface area contributed by atoms with E-state index in [1.807, 2.05) is 24.3 Å². The van der Waals surface area contributed by atoms with Gasteiger partial charge in [0.05, 0.1) is 0 Å². The molecule has 0 saturated heterocycles. The molecule has 0 aliphatic heterocycles. The molecule has 2 aromatic rings. The monoisotopic (exact) mass is 266 g/mol. The van der Waals surface area contributed by atoms with Crippen molar-refractivity contribution in [2.75, 3.05) is 0 Å². The van der Waals surface area contributed by atoms with Crippen molar-refractivity contribution in [1.82, 2.24) is 0 Å². The molecule has 2 aromatic carbocycles. The van der Waals surface area contributed by atoms with Crippen LogP contribution in [0, 0.1) is 12.3 Å². The molecule has 2 N–H and O–H groups in total. The molecule has 0 bridgehead atoms. The molecule has 0 aromatic heterocycles. The van der Waals surface area contributed by atoms with Gasteiger partial charge in [-0.05, 0) is 29.3 Å². The van der Waals surface area contributed by atoms with Crippen LogP contribution >= 0.6 is 0 Å². The van der Waals surface area contributed by atoms with Gasteiger partial charge in [0.15, 0.2) is 0 Å². The maximum Gasteiger partial charge on any atom is 0.119 e. The highest BCUT2D eigenvalue weighted by atomic mass is 16.3. The van der Waals surface area contributed by atoms with Gasteiger partial charge in [0, 0.05) is 17.4 Å². The lowest BCUT2D eigenvalue weighted by molar-refractivity contribution is 0.469. The first kappa shape index (κ1) is 14.0. The number of phenols is 2. The van der Waals surface area contributed by atoms with E-state index < -0.39 is 0 Å². The van der Waals surface area contributed by atoms with Gasteiger partial charge in [-0.1, -0.05) is 38.1 Å². The zero-order valence-corrected chi connectivity index (χ0v) is 11.7. The van der Waals surface area contributed by atoms with E-state index in [-0.39, 0.29) is 16.9 Å². The highest BCUT2D eigenvalue weighted by Crippen LogP contribution is 2.34. The van der Waals surface area contributed by atoms with Crippen LogP contribution in [0.15, 0.2) is 42.5 Å². The maximum atomic E-state index is 9.81. The van der Waals surface area contributed by atoms with E-state index in [0.29, 0.717) is 6.42 Å². The van der Waals surface area contributed by atoms with Crippen molar-refractivity contribution in [3.8, 4) is 23.8 Å². The molecule has 0 unspecified atom stereocenters. The SMILES string of the molecule is C#CCc1cc(C(C)(C)c2ccc(O)cc2)ccc1O. The van der Waals surface area contributed by atoms with Crippen LogP contribution in [-0.2, 0) is 11.8 Å². The summed E-state index contributed by atoms with van der Waals surface area (Å²) < 4.78 is 0. The Morgan fingerprint density at radius 3 is 2.20 bits per heavy atom. The third kappa shape index (κ3) is 2.62. The topological polar surface area (TPSA) is 40.5 Å². The molecule has 0 fully saturated rings. The molecule has 0 aliphatic rings. The Hall–Kier alpha value is -2.40.